The van der Waals surface area contributed by atoms with E-state index >= 15 is 0 Å². The van der Waals surface area contributed by atoms with E-state index in [0.29, 0.717) is 16.9 Å². The minimum Gasteiger partial charge on any atom is -0.491 e. The molecular weight excluding hydrogens is 396 g/mol. The van der Waals surface area contributed by atoms with E-state index in [1.54, 1.807) is 12.1 Å². The summed E-state index contributed by atoms with van der Waals surface area (Å²) in [6.07, 6.45) is 2.29. The molecule has 0 aliphatic rings. The normalized spacial score (nSPS) is 11.2. The highest BCUT2D eigenvalue weighted by atomic mass is 35.5. The smallest absolute Gasteiger partial charge is 0.328 e. The van der Waals surface area contributed by atoms with Gasteiger partial charge in [-0.3, -0.25) is 4.79 Å². The number of halogens is 1. The van der Waals surface area contributed by atoms with Crippen LogP contribution in [0, 0.1) is 11.3 Å². The van der Waals surface area contributed by atoms with E-state index in [1.165, 1.54) is 12.1 Å². The van der Waals surface area contributed by atoms with Crippen LogP contribution in [-0.2, 0) is 20.9 Å². The van der Waals surface area contributed by atoms with Crippen molar-refractivity contribution in [2.45, 2.75) is 19.1 Å². The van der Waals surface area contributed by atoms with Crippen molar-refractivity contribution < 1.29 is 24.2 Å². The average molecular weight is 417 g/mol. The minimum atomic E-state index is -1.10. The average Bonchev–Trinajstić information content (AvgIpc) is 2.70. The van der Waals surface area contributed by atoms with Crippen LogP contribution < -0.4 is 10.5 Å². The van der Waals surface area contributed by atoms with Gasteiger partial charge in [-0.2, -0.15) is 5.26 Å². The van der Waals surface area contributed by atoms with Gasteiger partial charge in [0.15, 0.2) is 0 Å². The number of hydrogen-bond donors (Lipinski definition) is 2. The minimum absolute atomic E-state index is 0. The molecule has 0 aliphatic carbocycles. The first-order valence-corrected chi connectivity index (χ1v) is 8.51. The summed E-state index contributed by atoms with van der Waals surface area (Å²) >= 11 is 0. The topological polar surface area (TPSA) is 123 Å². The molecule has 0 saturated carbocycles. The number of nitriles is 1. The molecule has 2 aromatic carbocycles. The molecule has 2 rings (SSSR count). The van der Waals surface area contributed by atoms with Crippen molar-refractivity contribution in [2.75, 3.05) is 6.61 Å². The van der Waals surface area contributed by atoms with Crippen LogP contribution in [0.25, 0.3) is 6.08 Å². The van der Waals surface area contributed by atoms with E-state index in [9.17, 15) is 9.59 Å². The molecule has 0 amide bonds. The molecule has 152 valence electrons. The summed E-state index contributed by atoms with van der Waals surface area (Å²) in [5.41, 5.74) is 7.66. The summed E-state index contributed by atoms with van der Waals surface area (Å²) in [5, 5.41) is 17.8. The van der Waals surface area contributed by atoms with Crippen molar-refractivity contribution in [3.05, 3.63) is 71.3 Å². The van der Waals surface area contributed by atoms with Gasteiger partial charge in [-0.25, -0.2) is 4.79 Å². The molecule has 1 unspecified atom stereocenters. The predicted molar refractivity (Wildman–Crippen MR) is 109 cm³/mol. The molecule has 0 fully saturated rings. The van der Waals surface area contributed by atoms with E-state index in [1.807, 2.05) is 36.4 Å². The van der Waals surface area contributed by atoms with Crippen LogP contribution >= 0.6 is 12.4 Å². The number of ether oxygens (including phenoxy) is 2. The Morgan fingerprint density at radius 3 is 2.59 bits per heavy atom. The van der Waals surface area contributed by atoms with Gasteiger partial charge < -0.3 is 20.3 Å². The van der Waals surface area contributed by atoms with Crippen LogP contribution in [0.4, 0.5) is 0 Å². The van der Waals surface area contributed by atoms with E-state index in [0.717, 1.165) is 11.6 Å². The molecule has 0 radical (unpaired) electrons. The number of esters is 1. The Morgan fingerprint density at radius 1 is 1.21 bits per heavy atom. The maximum atomic E-state index is 11.9. The van der Waals surface area contributed by atoms with Gasteiger partial charge in [0, 0.05) is 17.7 Å². The zero-order valence-corrected chi connectivity index (χ0v) is 16.3. The molecule has 1 atom stereocenters. The van der Waals surface area contributed by atoms with Crippen molar-refractivity contribution in [1.29, 1.82) is 5.26 Å². The quantitative estimate of drug-likeness (QED) is 0.475. The standard InChI is InChI=1S/C21H20N2O5.ClH/c22-12-16-6-7-17(8-9-20(24)25)19(10-16)27-14-18(23)11-21(26)28-13-15-4-2-1-3-5-15;/h1-10,18H,11,13-14,23H2,(H,24,25);1H/b9-8+;. The lowest BCUT2D eigenvalue weighted by Crippen LogP contribution is -2.31. The highest BCUT2D eigenvalue weighted by Crippen LogP contribution is 2.22. The van der Waals surface area contributed by atoms with E-state index in [4.69, 9.17) is 25.6 Å². The first-order valence-electron chi connectivity index (χ1n) is 8.51. The number of carbonyl (C=O) groups is 2. The lowest BCUT2D eigenvalue weighted by Gasteiger charge is -2.14. The van der Waals surface area contributed by atoms with Crippen LogP contribution in [0.1, 0.15) is 23.1 Å². The van der Waals surface area contributed by atoms with Crippen molar-refractivity contribution in [1.82, 2.24) is 0 Å². The van der Waals surface area contributed by atoms with Gasteiger partial charge in [-0.15, -0.1) is 12.4 Å². The Labute approximate surface area is 174 Å². The van der Waals surface area contributed by atoms with Gasteiger partial charge in [0.2, 0.25) is 0 Å². The molecular formula is C21H21ClN2O5. The summed E-state index contributed by atoms with van der Waals surface area (Å²) in [4.78, 5) is 22.6. The Kier molecular flexibility index (Phi) is 9.96. The summed E-state index contributed by atoms with van der Waals surface area (Å²) in [5.74, 6) is -1.24. The number of carboxylic acids is 1. The SMILES string of the molecule is Cl.N#Cc1ccc(/C=C/C(=O)O)c(OCC(N)CC(=O)OCc2ccccc2)c1. The molecule has 8 heteroatoms. The first kappa shape index (κ1) is 23.7. The van der Waals surface area contributed by atoms with Crippen molar-refractivity contribution in [2.24, 2.45) is 5.73 Å². The van der Waals surface area contributed by atoms with Crippen LogP contribution in [0.15, 0.2) is 54.6 Å². The molecule has 0 aromatic heterocycles. The lowest BCUT2D eigenvalue weighted by atomic mass is 10.1. The Hall–Kier alpha value is -3.34. The highest BCUT2D eigenvalue weighted by molar-refractivity contribution is 5.86. The number of carbonyl (C=O) groups excluding carboxylic acids is 1. The second-order valence-electron chi connectivity index (χ2n) is 5.96. The molecule has 0 saturated heterocycles. The van der Waals surface area contributed by atoms with Crippen LogP contribution in [-0.4, -0.2) is 29.7 Å². The maximum absolute atomic E-state index is 11.9. The number of rotatable bonds is 9. The molecule has 0 heterocycles. The zero-order chi connectivity index (χ0) is 20.4. The maximum Gasteiger partial charge on any atom is 0.328 e. The summed E-state index contributed by atoms with van der Waals surface area (Å²) in [7, 11) is 0. The largest absolute Gasteiger partial charge is 0.491 e. The van der Waals surface area contributed by atoms with Gasteiger partial charge in [-0.1, -0.05) is 30.3 Å². The summed E-state index contributed by atoms with van der Waals surface area (Å²) in [6.45, 7) is 0.171. The van der Waals surface area contributed by atoms with Crippen LogP contribution in [0.2, 0.25) is 0 Å². The van der Waals surface area contributed by atoms with E-state index < -0.39 is 18.0 Å². The lowest BCUT2D eigenvalue weighted by molar-refractivity contribution is -0.145. The molecule has 2 aromatic rings. The molecule has 3 N–H and O–H groups in total. The third-order valence-corrected chi connectivity index (χ3v) is 3.67. The van der Waals surface area contributed by atoms with Gasteiger partial charge in [0.05, 0.1) is 18.1 Å². The Balaban J connectivity index is 0.00000420. The molecule has 0 bridgehead atoms. The van der Waals surface area contributed by atoms with Gasteiger partial charge in [0.25, 0.3) is 0 Å². The van der Waals surface area contributed by atoms with Crippen molar-refractivity contribution in [3.8, 4) is 11.8 Å². The summed E-state index contributed by atoms with van der Waals surface area (Å²) in [6, 6.07) is 15.3. The highest BCUT2D eigenvalue weighted by Gasteiger charge is 2.13. The monoisotopic (exact) mass is 416 g/mol. The van der Waals surface area contributed by atoms with Gasteiger partial charge >= 0.3 is 11.9 Å². The molecule has 0 aliphatic heterocycles. The predicted octanol–water partition coefficient (Wildman–Crippen LogP) is 2.92. The van der Waals surface area contributed by atoms with Crippen LogP contribution in [0.3, 0.4) is 0 Å². The van der Waals surface area contributed by atoms with Gasteiger partial charge in [-0.05, 0) is 29.8 Å². The second kappa shape index (κ2) is 12.2. The summed E-state index contributed by atoms with van der Waals surface area (Å²) < 4.78 is 10.8. The van der Waals surface area contributed by atoms with E-state index in [2.05, 4.69) is 0 Å². The van der Waals surface area contributed by atoms with Crippen molar-refractivity contribution >= 4 is 30.4 Å². The number of nitrogens with zero attached hydrogens (tertiary/aromatic N) is 1. The Morgan fingerprint density at radius 2 is 1.93 bits per heavy atom. The number of carboxylic acid groups (broad SMARTS) is 1. The Bertz CT molecular complexity index is 894. The van der Waals surface area contributed by atoms with Gasteiger partial charge in [0.1, 0.15) is 19.0 Å². The molecule has 29 heavy (non-hydrogen) atoms. The third kappa shape index (κ3) is 8.47. The molecule has 0 spiro atoms. The fraction of sp³-hybridized carbons (Fsp3) is 0.190. The fourth-order valence-electron chi connectivity index (χ4n) is 2.29. The first-order chi connectivity index (χ1) is 13.5. The zero-order valence-electron chi connectivity index (χ0n) is 15.5. The number of nitrogens with two attached hydrogens (primary N) is 1. The number of aliphatic carboxylic acids is 1. The third-order valence-electron chi connectivity index (χ3n) is 3.67. The fourth-order valence-corrected chi connectivity index (χ4v) is 2.29. The van der Waals surface area contributed by atoms with Crippen molar-refractivity contribution in [3.63, 3.8) is 0 Å². The second-order valence-corrected chi connectivity index (χ2v) is 5.96. The number of benzene rings is 2. The number of hydrogen-bond acceptors (Lipinski definition) is 6. The van der Waals surface area contributed by atoms with Crippen LogP contribution in [0.5, 0.6) is 5.75 Å². The van der Waals surface area contributed by atoms with E-state index in [-0.39, 0.29) is 32.0 Å². The molecule has 7 nitrogen and oxygen atoms in total.